The number of anilines is 1. The Morgan fingerprint density at radius 1 is 1.04 bits per heavy atom. The van der Waals surface area contributed by atoms with Crippen molar-refractivity contribution in [2.75, 3.05) is 25.5 Å². The van der Waals surface area contributed by atoms with Crippen LogP contribution < -0.4 is 14.8 Å². The molecule has 1 amide bonds. The van der Waals surface area contributed by atoms with Crippen molar-refractivity contribution in [3.05, 3.63) is 48.5 Å². The lowest BCUT2D eigenvalue weighted by Gasteiger charge is -2.17. The van der Waals surface area contributed by atoms with Crippen molar-refractivity contribution in [2.45, 2.75) is 30.8 Å². The number of nitrogens with one attached hydrogen (secondary N) is 1. The van der Waals surface area contributed by atoms with Crippen LogP contribution in [-0.4, -0.2) is 44.9 Å². The number of hydrogen-bond donors (Lipinski definition) is 1. The van der Waals surface area contributed by atoms with Crippen molar-refractivity contribution in [2.24, 2.45) is 0 Å². The highest BCUT2D eigenvalue weighted by molar-refractivity contribution is 7.89. The van der Waals surface area contributed by atoms with E-state index in [-0.39, 0.29) is 10.8 Å². The molecular formula is C20H24N2O5S. The minimum absolute atomic E-state index is 0.228. The summed E-state index contributed by atoms with van der Waals surface area (Å²) in [5.41, 5.74) is 0.501. The predicted molar refractivity (Wildman–Crippen MR) is 106 cm³/mol. The van der Waals surface area contributed by atoms with Crippen molar-refractivity contribution < 1.29 is 22.7 Å². The Labute approximate surface area is 165 Å². The second-order valence-corrected chi connectivity index (χ2v) is 8.47. The number of rotatable bonds is 7. The molecule has 3 rings (SSSR count). The Morgan fingerprint density at radius 2 is 1.64 bits per heavy atom. The molecule has 1 aliphatic heterocycles. The van der Waals surface area contributed by atoms with E-state index in [1.807, 2.05) is 6.07 Å². The standard InChI is InChI=1S/C20H24N2O5S/c1-15(27-19-8-4-3-7-18(19)26-2)20(23)21-16-9-11-17(12-10-16)28(24,25)22-13-5-6-14-22/h3-4,7-12,15H,5-6,13-14H2,1-2H3,(H,21,23). The second kappa shape index (κ2) is 8.62. The molecule has 2 aromatic carbocycles. The van der Waals surface area contributed by atoms with Crippen LogP contribution in [0.2, 0.25) is 0 Å². The SMILES string of the molecule is COc1ccccc1OC(C)C(=O)Nc1ccc(S(=O)(=O)N2CCCC2)cc1. The Hall–Kier alpha value is -2.58. The van der Waals surface area contributed by atoms with Crippen molar-refractivity contribution in [3.63, 3.8) is 0 Å². The zero-order valence-electron chi connectivity index (χ0n) is 15.9. The molecule has 28 heavy (non-hydrogen) atoms. The van der Waals surface area contributed by atoms with Crippen LogP contribution in [0.5, 0.6) is 11.5 Å². The number of benzene rings is 2. The number of para-hydroxylation sites is 2. The van der Waals surface area contributed by atoms with E-state index in [4.69, 9.17) is 9.47 Å². The summed E-state index contributed by atoms with van der Waals surface area (Å²) in [6, 6.07) is 13.3. The minimum atomic E-state index is -3.47. The first-order chi connectivity index (χ1) is 13.4. The molecule has 1 aliphatic rings. The van der Waals surface area contributed by atoms with E-state index in [1.54, 1.807) is 37.3 Å². The van der Waals surface area contributed by atoms with Crippen molar-refractivity contribution >= 4 is 21.6 Å². The van der Waals surface area contributed by atoms with Gasteiger partial charge < -0.3 is 14.8 Å². The summed E-state index contributed by atoms with van der Waals surface area (Å²) < 4.78 is 37.5. The molecule has 0 bridgehead atoms. The molecule has 1 fully saturated rings. The maximum Gasteiger partial charge on any atom is 0.265 e. The fraction of sp³-hybridized carbons (Fsp3) is 0.350. The summed E-state index contributed by atoms with van der Waals surface area (Å²) in [5.74, 6) is 0.666. The number of ether oxygens (including phenoxy) is 2. The van der Waals surface area contributed by atoms with E-state index in [0.29, 0.717) is 30.3 Å². The molecule has 2 aromatic rings. The molecule has 0 aliphatic carbocycles. The smallest absolute Gasteiger partial charge is 0.265 e. The molecule has 7 nitrogen and oxygen atoms in total. The van der Waals surface area contributed by atoms with E-state index in [9.17, 15) is 13.2 Å². The average Bonchev–Trinajstić information content (AvgIpc) is 3.24. The number of sulfonamides is 1. The average molecular weight is 404 g/mol. The van der Waals surface area contributed by atoms with E-state index in [0.717, 1.165) is 12.8 Å². The van der Waals surface area contributed by atoms with Gasteiger partial charge >= 0.3 is 0 Å². The van der Waals surface area contributed by atoms with E-state index < -0.39 is 16.1 Å². The molecule has 150 valence electrons. The number of amides is 1. The van der Waals surface area contributed by atoms with Crippen molar-refractivity contribution in [1.29, 1.82) is 0 Å². The van der Waals surface area contributed by atoms with Crippen LogP contribution in [0, 0.1) is 0 Å². The number of hydrogen-bond acceptors (Lipinski definition) is 5. The number of carbonyl (C=O) groups is 1. The minimum Gasteiger partial charge on any atom is -0.493 e. The van der Waals surface area contributed by atoms with Gasteiger partial charge in [0.1, 0.15) is 0 Å². The van der Waals surface area contributed by atoms with E-state index in [2.05, 4.69) is 5.32 Å². The summed E-state index contributed by atoms with van der Waals surface area (Å²) >= 11 is 0. The first-order valence-corrected chi connectivity index (χ1v) is 10.6. The van der Waals surface area contributed by atoms with Crippen LogP contribution in [0.15, 0.2) is 53.4 Å². The topological polar surface area (TPSA) is 84.9 Å². The third kappa shape index (κ3) is 4.45. The van der Waals surface area contributed by atoms with Crippen LogP contribution >= 0.6 is 0 Å². The Balaban J connectivity index is 1.64. The lowest BCUT2D eigenvalue weighted by molar-refractivity contribution is -0.122. The molecule has 0 spiro atoms. The fourth-order valence-corrected chi connectivity index (χ4v) is 4.51. The van der Waals surface area contributed by atoms with Gasteiger partial charge in [-0.15, -0.1) is 0 Å². The van der Waals surface area contributed by atoms with E-state index in [1.165, 1.54) is 23.5 Å². The van der Waals surface area contributed by atoms with Gasteiger partial charge in [-0.3, -0.25) is 4.79 Å². The highest BCUT2D eigenvalue weighted by Crippen LogP contribution is 2.27. The summed E-state index contributed by atoms with van der Waals surface area (Å²) in [6.45, 7) is 2.74. The first kappa shape index (κ1) is 20.2. The maximum atomic E-state index is 12.5. The van der Waals surface area contributed by atoms with Gasteiger partial charge in [-0.25, -0.2) is 8.42 Å². The van der Waals surface area contributed by atoms with E-state index >= 15 is 0 Å². The lowest BCUT2D eigenvalue weighted by Crippen LogP contribution is -2.30. The van der Waals surface area contributed by atoms with Gasteiger partial charge in [0, 0.05) is 18.8 Å². The largest absolute Gasteiger partial charge is 0.493 e. The summed E-state index contributed by atoms with van der Waals surface area (Å²) in [7, 11) is -1.93. The molecule has 1 heterocycles. The predicted octanol–water partition coefficient (Wildman–Crippen LogP) is 2.89. The Bertz CT molecular complexity index is 922. The molecule has 0 saturated carbocycles. The molecule has 0 radical (unpaired) electrons. The molecule has 1 saturated heterocycles. The zero-order valence-corrected chi connectivity index (χ0v) is 16.7. The monoisotopic (exact) mass is 404 g/mol. The van der Waals surface area contributed by atoms with Crippen LogP contribution in [0.4, 0.5) is 5.69 Å². The van der Waals surface area contributed by atoms with Crippen LogP contribution in [0.25, 0.3) is 0 Å². The highest BCUT2D eigenvalue weighted by Gasteiger charge is 2.27. The van der Waals surface area contributed by atoms with Crippen molar-refractivity contribution in [3.8, 4) is 11.5 Å². The van der Waals surface area contributed by atoms with Gasteiger partial charge in [-0.1, -0.05) is 12.1 Å². The van der Waals surface area contributed by atoms with Gasteiger partial charge in [-0.2, -0.15) is 4.31 Å². The molecule has 8 heteroatoms. The molecule has 0 aromatic heterocycles. The van der Waals surface area contributed by atoms with Crippen LogP contribution in [0.1, 0.15) is 19.8 Å². The van der Waals surface area contributed by atoms with Crippen LogP contribution in [0.3, 0.4) is 0 Å². The highest BCUT2D eigenvalue weighted by atomic mass is 32.2. The van der Waals surface area contributed by atoms with Gasteiger partial charge in [0.2, 0.25) is 10.0 Å². The van der Waals surface area contributed by atoms with Crippen LogP contribution in [-0.2, 0) is 14.8 Å². The Morgan fingerprint density at radius 3 is 2.25 bits per heavy atom. The van der Waals surface area contributed by atoms with Crippen molar-refractivity contribution in [1.82, 2.24) is 4.31 Å². The Kier molecular flexibility index (Phi) is 6.21. The quantitative estimate of drug-likeness (QED) is 0.767. The normalized spacial score (nSPS) is 15.8. The third-order valence-electron chi connectivity index (χ3n) is 4.57. The zero-order chi connectivity index (χ0) is 20.1. The lowest BCUT2D eigenvalue weighted by atomic mass is 10.3. The molecule has 1 N–H and O–H groups in total. The number of nitrogens with zero attached hydrogens (tertiary/aromatic N) is 1. The molecule has 1 unspecified atom stereocenters. The second-order valence-electron chi connectivity index (χ2n) is 6.54. The van der Waals surface area contributed by atoms with Gasteiger partial charge in [0.15, 0.2) is 17.6 Å². The van der Waals surface area contributed by atoms with Gasteiger partial charge in [0.25, 0.3) is 5.91 Å². The molecule has 1 atom stereocenters. The van der Waals surface area contributed by atoms with Gasteiger partial charge in [-0.05, 0) is 56.2 Å². The summed E-state index contributed by atoms with van der Waals surface area (Å²) in [6.07, 6.45) is 1.01. The maximum absolute atomic E-state index is 12.5. The number of methoxy groups -OCH3 is 1. The summed E-state index contributed by atoms with van der Waals surface area (Å²) in [5, 5.41) is 2.73. The molecular weight excluding hydrogens is 380 g/mol. The number of carbonyl (C=O) groups excluding carboxylic acids is 1. The first-order valence-electron chi connectivity index (χ1n) is 9.12. The third-order valence-corrected chi connectivity index (χ3v) is 6.48. The fourth-order valence-electron chi connectivity index (χ4n) is 2.99. The summed E-state index contributed by atoms with van der Waals surface area (Å²) in [4.78, 5) is 12.6. The van der Waals surface area contributed by atoms with Gasteiger partial charge in [0.05, 0.1) is 12.0 Å².